The fourth-order valence-corrected chi connectivity index (χ4v) is 4.82. The molecule has 0 bridgehead atoms. The minimum absolute atomic E-state index is 0.0306. The Kier molecular flexibility index (Phi) is 6.19. The number of nitrogens with zero attached hydrogens (tertiary/aromatic N) is 5. The Balaban J connectivity index is 1.37. The van der Waals surface area contributed by atoms with Crippen LogP contribution in [0.5, 0.6) is 0 Å². The van der Waals surface area contributed by atoms with Crippen LogP contribution in [0.25, 0.3) is 11.1 Å². The van der Waals surface area contributed by atoms with E-state index in [1.165, 1.54) is 23.1 Å². The van der Waals surface area contributed by atoms with Gasteiger partial charge in [0.1, 0.15) is 22.6 Å². The molecule has 3 aromatic rings. The van der Waals surface area contributed by atoms with E-state index in [0.717, 1.165) is 18.9 Å². The molecular formula is C26H23F3N6O2. The zero-order chi connectivity index (χ0) is 26.3. The lowest BCUT2D eigenvalue weighted by atomic mass is 9.83. The maximum absolute atomic E-state index is 14.2. The molecule has 2 aliphatic rings. The Bertz CT molecular complexity index is 1430. The van der Waals surface area contributed by atoms with Gasteiger partial charge in [-0.2, -0.15) is 10.4 Å². The number of pyridine rings is 1. The third kappa shape index (κ3) is 4.67. The molecule has 190 valence electrons. The van der Waals surface area contributed by atoms with Crippen LogP contribution in [-0.2, 0) is 18.4 Å². The van der Waals surface area contributed by atoms with E-state index in [-0.39, 0.29) is 30.4 Å². The second kappa shape index (κ2) is 9.35. The smallest absolute Gasteiger partial charge is 0.280 e. The molecule has 2 fully saturated rings. The summed E-state index contributed by atoms with van der Waals surface area (Å²) in [4.78, 5) is 31.1. The Morgan fingerprint density at radius 3 is 2.68 bits per heavy atom. The summed E-state index contributed by atoms with van der Waals surface area (Å²) in [6.07, 6.45) is 2.20. The van der Waals surface area contributed by atoms with E-state index in [1.54, 1.807) is 30.2 Å². The van der Waals surface area contributed by atoms with Gasteiger partial charge in [0, 0.05) is 37.6 Å². The van der Waals surface area contributed by atoms with Crippen LogP contribution in [0, 0.1) is 28.5 Å². The molecule has 1 aliphatic heterocycles. The van der Waals surface area contributed by atoms with Crippen molar-refractivity contribution in [2.45, 2.75) is 32.2 Å². The van der Waals surface area contributed by atoms with Gasteiger partial charge in [-0.25, -0.2) is 18.2 Å². The van der Waals surface area contributed by atoms with Gasteiger partial charge in [-0.1, -0.05) is 0 Å². The zero-order valence-corrected chi connectivity index (χ0v) is 19.9. The van der Waals surface area contributed by atoms with Crippen LogP contribution in [0.4, 0.5) is 18.9 Å². The average molecular weight is 509 g/mol. The molecule has 3 heterocycles. The van der Waals surface area contributed by atoms with Crippen LogP contribution >= 0.6 is 0 Å². The Hall–Kier alpha value is -4.20. The lowest BCUT2D eigenvalue weighted by Crippen LogP contribution is -2.35. The van der Waals surface area contributed by atoms with Crippen LogP contribution in [0.2, 0.25) is 0 Å². The number of amides is 2. The van der Waals surface area contributed by atoms with Gasteiger partial charge in [0.25, 0.3) is 12.3 Å². The van der Waals surface area contributed by atoms with Crippen LogP contribution in [0.3, 0.4) is 0 Å². The van der Waals surface area contributed by atoms with Gasteiger partial charge >= 0.3 is 0 Å². The molecule has 0 radical (unpaired) electrons. The molecule has 2 aromatic heterocycles. The quantitative estimate of drug-likeness (QED) is 0.517. The number of halogens is 3. The summed E-state index contributed by atoms with van der Waals surface area (Å²) in [5, 5.41) is 16.4. The summed E-state index contributed by atoms with van der Waals surface area (Å²) in [6.45, 7) is 0.110. The first-order valence-corrected chi connectivity index (χ1v) is 11.8. The first kappa shape index (κ1) is 24.5. The highest BCUT2D eigenvalue weighted by molar-refractivity contribution is 6.03. The molecule has 1 N–H and O–H groups in total. The van der Waals surface area contributed by atoms with E-state index in [0.29, 0.717) is 23.1 Å². The second-order valence-corrected chi connectivity index (χ2v) is 9.43. The van der Waals surface area contributed by atoms with Crippen LogP contribution in [0.1, 0.15) is 47.4 Å². The molecule has 1 atom stereocenters. The maximum Gasteiger partial charge on any atom is 0.280 e. The van der Waals surface area contributed by atoms with Crippen molar-refractivity contribution in [3.8, 4) is 17.2 Å². The van der Waals surface area contributed by atoms with Crippen molar-refractivity contribution in [3.63, 3.8) is 0 Å². The van der Waals surface area contributed by atoms with Crippen molar-refractivity contribution < 1.29 is 22.8 Å². The third-order valence-electron chi connectivity index (χ3n) is 6.88. The highest BCUT2D eigenvalue weighted by Gasteiger charge is 2.56. The van der Waals surface area contributed by atoms with E-state index in [9.17, 15) is 28.0 Å². The second-order valence-electron chi connectivity index (χ2n) is 9.43. The third-order valence-corrected chi connectivity index (χ3v) is 6.88. The van der Waals surface area contributed by atoms with E-state index in [1.807, 2.05) is 0 Å². The number of rotatable bonds is 7. The van der Waals surface area contributed by atoms with Crippen molar-refractivity contribution in [2.75, 3.05) is 11.4 Å². The van der Waals surface area contributed by atoms with Crippen molar-refractivity contribution in [1.29, 1.82) is 5.26 Å². The number of anilines is 1. The normalized spacial score (nSPS) is 19.4. The van der Waals surface area contributed by atoms with E-state index in [2.05, 4.69) is 21.5 Å². The predicted molar refractivity (Wildman–Crippen MR) is 127 cm³/mol. The van der Waals surface area contributed by atoms with E-state index >= 15 is 0 Å². The van der Waals surface area contributed by atoms with Crippen LogP contribution < -0.4 is 10.2 Å². The number of hydrogen-bond acceptors (Lipinski definition) is 5. The number of aryl methyl sites for hydroxylation is 1. The highest BCUT2D eigenvalue weighted by Crippen LogP contribution is 2.52. The van der Waals surface area contributed by atoms with Crippen molar-refractivity contribution >= 4 is 17.5 Å². The summed E-state index contributed by atoms with van der Waals surface area (Å²) in [7, 11) is 1.74. The van der Waals surface area contributed by atoms with Gasteiger partial charge in [0.2, 0.25) is 5.91 Å². The standard InChI is InChI=1S/C26H23F3N6O2/c1-34-13-17(12-32-34)16-6-15(7-19(27)8-16)11-31-24(36)22-10-20(9-21(33-22)23(28)29)35-5-4-26(14-30,25(35)37)18-2-3-18/h6-10,12-13,18,23H,2-5,11H2,1H3,(H,31,36)/t26-/m1/s1. The molecule has 1 aromatic carbocycles. The van der Waals surface area contributed by atoms with Crippen molar-refractivity contribution in [2.24, 2.45) is 18.4 Å². The average Bonchev–Trinajstić information content (AvgIpc) is 3.55. The van der Waals surface area contributed by atoms with Gasteiger partial charge in [0.05, 0.1) is 12.3 Å². The highest BCUT2D eigenvalue weighted by atomic mass is 19.3. The largest absolute Gasteiger partial charge is 0.347 e. The monoisotopic (exact) mass is 508 g/mol. The Morgan fingerprint density at radius 1 is 1.24 bits per heavy atom. The number of hydrogen-bond donors (Lipinski definition) is 1. The lowest BCUT2D eigenvalue weighted by Gasteiger charge is -2.22. The first-order valence-electron chi connectivity index (χ1n) is 11.8. The molecule has 11 heteroatoms. The van der Waals surface area contributed by atoms with Gasteiger partial charge < -0.3 is 10.2 Å². The lowest BCUT2D eigenvalue weighted by molar-refractivity contribution is -0.123. The number of carbonyl (C=O) groups excluding carboxylic acids is 2. The van der Waals surface area contributed by atoms with E-state index in [4.69, 9.17) is 0 Å². The summed E-state index contributed by atoms with van der Waals surface area (Å²) < 4.78 is 43.1. The summed E-state index contributed by atoms with van der Waals surface area (Å²) in [5.74, 6) is -1.72. The number of nitrogens with one attached hydrogen (secondary N) is 1. The van der Waals surface area contributed by atoms with Gasteiger partial charge in [-0.15, -0.1) is 0 Å². The topological polar surface area (TPSA) is 104 Å². The molecule has 1 saturated heterocycles. The predicted octanol–water partition coefficient (Wildman–Crippen LogP) is 4.15. The maximum atomic E-state index is 14.2. The SMILES string of the molecule is Cn1cc(-c2cc(F)cc(CNC(=O)c3cc(N4CC[C@@](C#N)(C5CC5)C4=O)cc(C(F)F)n3)c2)cn1. The summed E-state index contributed by atoms with van der Waals surface area (Å²) >= 11 is 0. The molecule has 1 aliphatic carbocycles. The summed E-state index contributed by atoms with van der Waals surface area (Å²) in [6, 6.07) is 8.80. The van der Waals surface area contributed by atoms with Crippen molar-refractivity contribution in [1.82, 2.24) is 20.1 Å². The minimum atomic E-state index is -2.97. The minimum Gasteiger partial charge on any atom is -0.347 e. The molecule has 0 spiro atoms. The number of benzene rings is 1. The van der Waals surface area contributed by atoms with E-state index < -0.39 is 35.2 Å². The number of alkyl halides is 2. The molecule has 2 amide bonds. The fraction of sp³-hybridized carbons (Fsp3) is 0.346. The molecular weight excluding hydrogens is 485 g/mol. The van der Waals surface area contributed by atoms with Crippen LogP contribution in [0.15, 0.2) is 42.7 Å². The fourth-order valence-electron chi connectivity index (χ4n) is 4.82. The zero-order valence-electron chi connectivity index (χ0n) is 19.9. The molecule has 1 saturated carbocycles. The summed E-state index contributed by atoms with van der Waals surface area (Å²) in [5.41, 5.74) is -0.285. The Morgan fingerprint density at radius 2 is 2.03 bits per heavy atom. The van der Waals surface area contributed by atoms with Gasteiger partial charge in [0.15, 0.2) is 0 Å². The van der Waals surface area contributed by atoms with Gasteiger partial charge in [-0.05, 0) is 66.6 Å². The molecule has 37 heavy (non-hydrogen) atoms. The van der Waals surface area contributed by atoms with Crippen LogP contribution in [-0.4, -0.2) is 33.1 Å². The van der Waals surface area contributed by atoms with Gasteiger partial charge in [-0.3, -0.25) is 14.3 Å². The molecule has 5 rings (SSSR count). The molecule has 0 unspecified atom stereocenters. The number of carbonyl (C=O) groups is 2. The number of aromatic nitrogens is 3. The van der Waals surface area contributed by atoms with Crippen molar-refractivity contribution in [3.05, 3.63) is 65.5 Å². The molecule has 8 nitrogen and oxygen atoms in total. The number of nitriles is 1. The Labute approximate surface area is 210 Å². The first-order chi connectivity index (χ1) is 17.7.